The van der Waals surface area contributed by atoms with Gasteiger partial charge in [-0.3, -0.25) is 5.43 Å². The summed E-state index contributed by atoms with van der Waals surface area (Å²) in [6.07, 6.45) is 0. The van der Waals surface area contributed by atoms with E-state index in [1.807, 2.05) is 30.3 Å². The molecule has 0 saturated carbocycles. The van der Waals surface area contributed by atoms with Crippen molar-refractivity contribution in [3.63, 3.8) is 0 Å². The second kappa shape index (κ2) is 6.10. The third-order valence-electron chi connectivity index (χ3n) is 1.69. The van der Waals surface area contributed by atoms with Crippen molar-refractivity contribution in [2.75, 3.05) is 13.7 Å². The highest BCUT2D eigenvalue weighted by Gasteiger charge is 2.02. The molecule has 0 aliphatic carbocycles. The zero-order chi connectivity index (χ0) is 11.1. The number of rotatable bonds is 4. The normalized spacial score (nSPS) is 11.1. The zero-order valence-corrected chi connectivity index (χ0v) is 9.25. The van der Waals surface area contributed by atoms with Crippen LogP contribution in [0.5, 0.6) is 0 Å². The fourth-order valence-corrected chi connectivity index (χ4v) is 1.12. The van der Waals surface area contributed by atoms with Crippen molar-refractivity contribution in [2.45, 2.75) is 0 Å². The maximum absolute atomic E-state index is 5.29. The first-order valence-electron chi connectivity index (χ1n) is 4.40. The molecule has 3 N–H and O–H groups in total. The van der Waals surface area contributed by atoms with Gasteiger partial charge in [0.05, 0.1) is 12.3 Å². The smallest absolute Gasteiger partial charge is 0.184 e. The van der Waals surface area contributed by atoms with Gasteiger partial charge in [-0.15, -0.1) is 0 Å². The fraction of sp³-hybridized carbons (Fsp3) is 0.200. The predicted octanol–water partition coefficient (Wildman–Crippen LogP) is 0.870. The molecule has 0 amide bonds. The van der Waals surface area contributed by atoms with Crippen LogP contribution in [0.3, 0.4) is 0 Å². The molecule has 0 atom stereocenters. The highest BCUT2D eigenvalue weighted by Crippen LogP contribution is 2.01. The third kappa shape index (κ3) is 4.05. The van der Waals surface area contributed by atoms with Gasteiger partial charge in [0.15, 0.2) is 5.11 Å². The number of nitrogens with two attached hydrogens (primary N) is 1. The Morgan fingerprint density at radius 1 is 1.47 bits per heavy atom. The van der Waals surface area contributed by atoms with Crippen molar-refractivity contribution in [3.8, 4) is 0 Å². The van der Waals surface area contributed by atoms with Crippen LogP contribution < -0.4 is 11.2 Å². The van der Waals surface area contributed by atoms with Gasteiger partial charge in [0, 0.05) is 12.7 Å². The first-order valence-corrected chi connectivity index (χ1v) is 4.81. The maximum atomic E-state index is 5.29. The van der Waals surface area contributed by atoms with Gasteiger partial charge in [-0.2, -0.15) is 5.10 Å². The van der Waals surface area contributed by atoms with Crippen LogP contribution in [0, 0.1) is 0 Å². The third-order valence-corrected chi connectivity index (χ3v) is 1.78. The van der Waals surface area contributed by atoms with Crippen LogP contribution in [0.25, 0.3) is 0 Å². The number of thiocarbonyl (C=S) groups is 1. The summed E-state index contributed by atoms with van der Waals surface area (Å²) in [6, 6.07) is 9.69. The Bertz CT molecular complexity index is 351. The van der Waals surface area contributed by atoms with E-state index in [-0.39, 0.29) is 5.11 Å². The van der Waals surface area contributed by atoms with E-state index in [1.165, 1.54) is 0 Å². The van der Waals surface area contributed by atoms with Crippen molar-refractivity contribution in [1.29, 1.82) is 0 Å². The molecule has 0 bridgehead atoms. The Kier molecular flexibility index (Phi) is 4.73. The molecule has 0 saturated heterocycles. The average Bonchev–Trinajstić information content (AvgIpc) is 2.25. The number of hydrazone groups is 1. The van der Waals surface area contributed by atoms with Crippen LogP contribution in [0.2, 0.25) is 0 Å². The van der Waals surface area contributed by atoms with Gasteiger partial charge < -0.3 is 10.5 Å². The number of nitrogens with one attached hydrogen (secondary N) is 1. The largest absolute Gasteiger partial charge is 0.378 e. The van der Waals surface area contributed by atoms with Crippen molar-refractivity contribution < 1.29 is 4.74 Å². The maximum Gasteiger partial charge on any atom is 0.184 e. The molecule has 4 nitrogen and oxygen atoms in total. The molecule has 0 spiro atoms. The number of ether oxygens (including phenoxy) is 1. The Morgan fingerprint density at radius 2 is 2.13 bits per heavy atom. The number of hydrogen-bond donors (Lipinski definition) is 2. The number of nitrogens with zero attached hydrogens (tertiary/aromatic N) is 1. The lowest BCUT2D eigenvalue weighted by atomic mass is 10.1. The monoisotopic (exact) mass is 223 g/mol. The van der Waals surface area contributed by atoms with Crippen LogP contribution in [0.15, 0.2) is 35.4 Å². The van der Waals surface area contributed by atoms with Crippen LogP contribution in [0.1, 0.15) is 5.56 Å². The Morgan fingerprint density at radius 3 is 2.67 bits per heavy atom. The minimum Gasteiger partial charge on any atom is -0.378 e. The summed E-state index contributed by atoms with van der Waals surface area (Å²) in [4.78, 5) is 0. The minimum absolute atomic E-state index is 0.138. The van der Waals surface area contributed by atoms with E-state index >= 15 is 0 Å². The Labute approximate surface area is 94.1 Å². The second-order valence-electron chi connectivity index (χ2n) is 2.83. The SMILES string of the molecule is COC/C(=N/NC(N)=S)c1ccccc1. The molecule has 0 heterocycles. The first kappa shape index (κ1) is 11.6. The van der Waals surface area contributed by atoms with Crippen LogP contribution in [-0.4, -0.2) is 24.5 Å². The molecule has 5 heteroatoms. The van der Waals surface area contributed by atoms with Gasteiger partial charge in [-0.25, -0.2) is 0 Å². The quantitative estimate of drug-likeness (QED) is 0.452. The van der Waals surface area contributed by atoms with Gasteiger partial charge in [-0.1, -0.05) is 30.3 Å². The zero-order valence-electron chi connectivity index (χ0n) is 8.43. The van der Waals surface area contributed by atoms with Gasteiger partial charge in [0.25, 0.3) is 0 Å². The van der Waals surface area contributed by atoms with Crippen molar-refractivity contribution in [1.82, 2.24) is 5.43 Å². The lowest BCUT2D eigenvalue weighted by molar-refractivity contribution is 0.245. The van der Waals surface area contributed by atoms with Gasteiger partial charge in [0.2, 0.25) is 0 Å². The van der Waals surface area contributed by atoms with Crippen molar-refractivity contribution in [2.24, 2.45) is 10.8 Å². The van der Waals surface area contributed by atoms with Crippen LogP contribution >= 0.6 is 12.2 Å². The lowest BCUT2D eigenvalue weighted by Gasteiger charge is -2.05. The van der Waals surface area contributed by atoms with E-state index in [1.54, 1.807) is 7.11 Å². The highest BCUT2D eigenvalue weighted by atomic mass is 32.1. The molecular formula is C10H13N3OS. The van der Waals surface area contributed by atoms with Crippen LogP contribution in [0.4, 0.5) is 0 Å². The molecule has 0 aliphatic heterocycles. The summed E-state index contributed by atoms with van der Waals surface area (Å²) in [7, 11) is 1.61. The Hall–Kier alpha value is -1.46. The van der Waals surface area contributed by atoms with Crippen molar-refractivity contribution in [3.05, 3.63) is 35.9 Å². The lowest BCUT2D eigenvalue weighted by Crippen LogP contribution is -2.26. The minimum atomic E-state index is 0.138. The highest BCUT2D eigenvalue weighted by molar-refractivity contribution is 7.80. The first-order chi connectivity index (χ1) is 7.24. The summed E-state index contributed by atoms with van der Waals surface area (Å²) in [5.74, 6) is 0. The van der Waals surface area contributed by atoms with E-state index in [9.17, 15) is 0 Å². The molecule has 80 valence electrons. The van der Waals surface area contributed by atoms with Gasteiger partial charge >= 0.3 is 0 Å². The Balaban J connectivity index is 2.83. The molecule has 0 fully saturated rings. The standard InChI is InChI=1S/C10H13N3OS/c1-14-7-9(12-13-10(11)15)8-5-3-2-4-6-8/h2-6H,7H2,1H3,(H3,11,13,15)/b12-9-. The number of methoxy groups -OCH3 is 1. The van der Waals surface area contributed by atoms with E-state index < -0.39 is 0 Å². The molecule has 1 aromatic carbocycles. The van der Waals surface area contributed by atoms with Gasteiger partial charge in [-0.05, 0) is 12.2 Å². The molecule has 1 rings (SSSR count). The van der Waals surface area contributed by atoms with E-state index in [2.05, 4.69) is 22.7 Å². The van der Waals surface area contributed by atoms with Crippen molar-refractivity contribution >= 4 is 23.0 Å². The number of benzene rings is 1. The summed E-state index contributed by atoms with van der Waals surface area (Å²) < 4.78 is 5.04. The topological polar surface area (TPSA) is 59.6 Å². The van der Waals surface area contributed by atoms with E-state index in [4.69, 9.17) is 10.5 Å². The molecule has 0 unspecified atom stereocenters. The molecule has 1 aromatic rings. The predicted molar refractivity (Wildman–Crippen MR) is 64.8 cm³/mol. The summed E-state index contributed by atoms with van der Waals surface area (Å²) >= 11 is 4.67. The average molecular weight is 223 g/mol. The number of hydrogen-bond acceptors (Lipinski definition) is 3. The summed E-state index contributed by atoms with van der Waals surface area (Å²) in [5.41, 5.74) is 9.56. The fourth-order valence-electron chi connectivity index (χ4n) is 1.07. The molecule has 0 radical (unpaired) electrons. The van der Waals surface area contributed by atoms with Crippen LogP contribution in [-0.2, 0) is 4.74 Å². The molecule has 15 heavy (non-hydrogen) atoms. The summed E-state index contributed by atoms with van der Waals surface area (Å²) in [6.45, 7) is 0.402. The summed E-state index contributed by atoms with van der Waals surface area (Å²) in [5, 5.41) is 4.20. The van der Waals surface area contributed by atoms with Gasteiger partial charge in [0.1, 0.15) is 0 Å². The van der Waals surface area contributed by atoms with E-state index in [0.29, 0.717) is 6.61 Å². The molecule has 0 aromatic heterocycles. The molecular weight excluding hydrogens is 210 g/mol. The van der Waals surface area contributed by atoms with E-state index in [0.717, 1.165) is 11.3 Å². The second-order valence-corrected chi connectivity index (χ2v) is 3.27. The molecule has 0 aliphatic rings.